The molecule has 0 spiro atoms. The van der Waals surface area contributed by atoms with E-state index >= 15 is 0 Å². The van der Waals surface area contributed by atoms with Gasteiger partial charge in [0.25, 0.3) is 5.91 Å². The van der Waals surface area contributed by atoms with Crippen molar-refractivity contribution in [3.05, 3.63) is 52.3 Å². The van der Waals surface area contributed by atoms with Gasteiger partial charge in [0.15, 0.2) is 0 Å². The van der Waals surface area contributed by atoms with E-state index in [4.69, 9.17) is 23.2 Å². The second-order valence-electron chi connectivity index (χ2n) is 5.85. The van der Waals surface area contributed by atoms with Gasteiger partial charge in [0.05, 0.1) is 16.8 Å². The van der Waals surface area contributed by atoms with Crippen molar-refractivity contribution >= 4 is 52.6 Å². The molecule has 1 aliphatic rings. The Morgan fingerprint density at radius 1 is 1.22 bits per heavy atom. The molecule has 3 heterocycles. The third-order valence-electron chi connectivity index (χ3n) is 3.96. The molecule has 27 heavy (non-hydrogen) atoms. The van der Waals surface area contributed by atoms with Crippen molar-refractivity contribution in [2.45, 2.75) is 6.42 Å². The largest absolute Gasteiger partial charge is 0.322 e. The summed E-state index contributed by atoms with van der Waals surface area (Å²) in [7, 11) is 0. The van der Waals surface area contributed by atoms with Crippen molar-refractivity contribution in [2.75, 3.05) is 21.9 Å². The van der Waals surface area contributed by atoms with Crippen LogP contribution in [0.25, 0.3) is 11.3 Å². The number of halogens is 2. The Morgan fingerprint density at radius 3 is 2.85 bits per heavy atom. The summed E-state index contributed by atoms with van der Waals surface area (Å²) in [5, 5.41) is 14.0. The van der Waals surface area contributed by atoms with E-state index in [9.17, 15) is 4.79 Å². The minimum absolute atomic E-state index is 0.291. The molecular weight excluding hydrogens is 407 g/mol. The predicted octanol–water partition coefficient (Wildman–Crippen LogP) is 4.28. The molecule has 0 unspecified atom stereocenters. The Balaban J connectivity index is 1.60. The van der Waals surface area contributed by atoms with E-state index < -0.39 is 0 Å². The van der Waals surface area contributed by atoms with Gasteiger partial charge >= 0.3 is 0 Å². The number of aromatic amines is 1. The molecule has 2 aromatic heterocycles. The van der Waals surface area contributed by atoms with Gasteiger partial charge in [-0.3, -0.25) is 4.79 Å². The first kappa shape index (κ1) is 18.1. The fraction of sp³-hybridized carbons (Fsp3) is 0.176. The normalized spacial score (nSPS) is 13.8. The van der Waals surface area contributed by atoms with Crippen LogP contribution < -0.4 is 9.62 Å². The number of hydrogen-bond acceptors (Lipinski definition) is 6. The number of aromatic nitrogens is 4. The van der Waals surface area contributed by atoms with Crippen molar-refractivity contribution in [3.8, 4) is 11.3 Å². The van der Waals surface area contributed by atoms with Gasteiger partial charge in [-0.1, -0.05) is 23.2 Å². The maximum absolute atomic E-state index is 12.8. The Hall–Kier alpha value is -2.29. The molecule has 3 aromatic rings. The number of amides is 1. The fourth-order valence-corrected chi connectivity index (χ4v) is 4.11. The number of benzene rings is 1. The minimum Gasteiger partial charge on any atom is -0.322 e. The molecule has 1 saturated heterocycles. The van der Waals surface area contributed by atoms with Crippen molar-refractivity contribution in [1.29, 1.82) is 0 Å². The lowest BCUT2D eigenvalue weighted by atomic mass is 10.1. The zero-order valence-electron chi connectivity index (χ0n) is 13.9. The van der Waals surface area contributed by atoms with Crippen molar-refractivity contribution in [3.63, 3.8) is 0 Å². The highest BCUT2D eigenvalue weighted by molar-refractivity contribution is 8.00. The second-order valence-corrected chi connectivity index (χ2v) is 7.80. The van der Waals surface area contributed by atoms with Crippen LogP contribution in [0.2, 0.25) is 10.0 Å². The van der Waals surface area contributed by atoms with Gasteiger partial charge in [0.1, 0.15) is 11.5 Å². The van der Waals surface area contributed by atoms with Crippen LogP contribution in [0.3, 0.4) is 0 Å². The minimum atomic E-state index is -0.332. The summed E-state index contributed by atoms with van der Waals surface area (Å²) in [5.41, 5.74) is 2.26. The number of hydrogen-bond donors (Lipinski definition) is 2. The number of anilines is 2. The number of nitrogens with zero attached hydrogens (tertiary/aromatic N) is 4. The van der Waals surface area contributed by atoms with E-state index in [2.05, 4.69) is 30.0 Å². The van der Waals surface area contributed by atoms with Crippen LogP contribution in [0.15, 0.2) is 36.7 Å². The van der Waals surface area contributed by atoms with Gasteiger partial charge < -0.3 is 9.62 Å². The second kappa shape index (κ2) is 7.75. The zero-order chi connectivity index (χ0) is 18.8. The van der Waals surface area contributed by atoms with Gasteiger partial charge in [-0.2, -0.15) is 15.4 Å². The maximum Gasteiger partial charge on any atom is 0.257 e. The number of rotatable bonds is 4. The van der Waals surface area contributed by atoms with Crippen LogP contribution in [-0.2, 0) is 0 Å². The van der Waals surface area contributed by atoms with E-state index in [1.807, 2.05) is 0 Å². The summed E-state index contributed by atoms with van der Waals surface area (Å²) in [6.07, 6.45) is 4.17. The monoisotopic (exact) mass is 420 g/mol. The van der Waals surface area contributed by atoms with Crippen LogP contribution in [0.4, 0.5) is 11.5 Å². The first-order chi connectivity index (χ1) is 13.1. The smallest absolute Gasteiger partial charge is 0.257 e. The van der Waals surface area contributed by atoms with E-state index in [0.29, 0.717) is 27.0 Å². The molecule has 7 nitrogen and oxygen atoms in total. The number of carbonyl (C=O) groups excluding carboxylic acids is 1. The Kier molecular flexibility index (Phi) is 5.20. The Bertz CT molecular complexity index is 976. The molecule has 2 N–H and O–H groups in total. The first-order valence-corrected chi connectivity index (χ1v) is 9.84. The van der Waals surface area contributed by atoms with Crippen LogP contribution in [0.5, 0.6) is 0 Å². The molecule has 0 aliphatic carbocycles. The van der Waals surface area contributed by atoms with Crippen molar-refractivity contribution < 1.29 is 4.79 Å². The molecule has 4 rings (SSSR count). The molecule has 1 fully saturated rings. The highest BCUT2D eigenvalue weighted by atomic mass is 35.5. The summed E-state index contributed by atoms with van der Waals surface area (Å²) in [6, 6.07) is 6.89. The molecule has 0 saturated carbocycles. The van der Waals surface area contributed by atoms with Gasteiger partial charge in [-0.15, -0.1) is 0 Å². The zero-order valence-corrected chi connectivity index (χ0v) is 16.3. The molecular formula is C17H14Cl2N6OS. The SMILES string of the molecule is O=C(Nc1cc(Cl)cc(-c2cn[nH]n2)c1)c1cc(N2CCCS2)ncc1Cl. The maximum atomic E-state index is 12.8. The van der Waals surface area contributed by atoms with Crippen molar-refractivity contribution in [2.24, 2.45) is 0 Å². The van der Waals surface area contributed by atoms with Gasteiger partial charge in [-0.25, -0.2) is 4.98 Å². The van der Waals surface area contributed by atoms with Crippen LogP contribution >= 0.6 is 35.1 Å². The van der Waals surface area contributed by atoms with E-state index in [1.165, 1.54) is 6.20 Å². The summed E-state index contributed by atoms with van der Waals surface area (Å²) < 4.78 is 2.06. The summed E-state index contributed by atoms with van der Waals surface area (Å²) in [6.45, 7) is 0.899. The summed E-state index contributed by atoms with van der Waals surface area (Å²) >= 11 is 14.1. The molecule has 10 heteroatoms. The molecule has 1 aliphatic heterocycles. The molecule has 138 valence electrons. The number of H-pyrrole nitrogens is 1. The molecule has 1 amide bonds. The average molecular weight is 421 g/mol. The standard InChI is InChI=1S/C17H14Cl2N6OS/c18-11-4-10(15-9-21-24-23-15)5-12(6-11)22-17(26)13-7-16(20-8-14(13)19)25-2-1-3-27-25/h4-9H,1-3H2,(H,22,26)(H,21,23,24). The third-order valence-corrected chi connectivity index (χ3v) is 5.63. The van der Waals surface area contributed by atoms with Gasteiger partial charge in [0.2, 0.25) is 0 Å². The lowest BCUT2D eigenvalue weighted by molar-refractivity contribution is 0.102. The predicted molar refractivity (Wildman–Crippen MR) is 108 cm³/mol. The molecule has 0 bridgehead atoms. The highest BCUT2D eigenvalue weighted by Crippen LogP contribution is 2.30. The molecule has 1 aromatic carbocycles. The van der Waals surface area contributed by atoms with Crippen LogP contribution in [0.1, 0.15) is 16.8 Å². The van der Waals surface area contributed by atoms with E-state index in [0.717, 1.165) is 30.1 Å². The van der Waals surface area contributed by atoms with Crippen LogP contribution in [0, 0.1) is 0 Å². The topological polar surface area (TPSA) is 86.8 Å². The Labute approximate surface area is 169 Å². The van der Waals surface area contributed by atoms with Crippen LogP contribution in [-0.4, -0.2) is 38.6 Å². The summed E-state index contributed by atoms with van der Waals surface area (Å²) in [4.78, 5) is 17.1. The quantitative estimate of drug-likeness (QED) is 0.612. The number of nitrogens with one attached hydrogen (secondary N) is 2. The average Bonchev–Trinajstić information content (AvgIpc) is 3.35. The molecule has 0 radical (unpaired) electrons. The van der Waals surface area contributed by atoms with Gasteiger partial charge in [0, 0.05) is 34.8 Å². The Morgan fingerprint density at radius 2 is 2.11 bits per heavy atom. The lowest BCUT2D eigenvalue weighted by Gasteiger charge is -2.16. The fourth-order valence-electron chi connectivity index (χ4n) is 2.72. The van der Waals surface area contributed by atoms with Gasteiger partial charge in [-0.05, 0) is 42.6 Å². The highest BCUT2D eigenvalue weighted by Gasteiger charge is 2.19. The van der Waals surface area contributed by atoms with E-state index in [1.54, 1.807) is 42.4 Å². The van der Waals surface area contributed by atoms with E-state index in [-0.39, 0.29) is 5.91 Å². The number of carbonyl (C=O) groups is 1. The third kappa shape index (κ3) is 4.02. The summed E-state index contributed by atoms with van der Waals surface area (Å²) in [5.74, 6) is 1.43. The molecule has 0 atom stereocenters. The number of pyridine rings is 1. The van der Waals surface area contributed by atoms with Crippen molar-refractivity contribution in [1.82, 2.24) is 20.4 Å². The lowest BCUT2D eigenvalue weighted by Crippen LogP contribution is -2.16. The first-order valence-electron chi connectivity index (χ1n) is 8.14.